The Kier molecular flexibility index (Phi) is 9.46. The van der Waals surface area contributed by atoms with Gasteiger partial charge in [0, 0.05) is 35.8 Å². The van der Waals surface area contributed by atoms with Crippen LogP contribution in [-0.4, -0.2) is 42.8 Å². The maximum absolute atomic E-state index is 13.4. The number of sulfonamides is 1. The fourth-order valence-electron chi connectivity index (χ4n) is 6.97. The third-order valence-corrected chi connectivity index (χ3v) is 12.3. The number of fused-ring (bicyclic) bond motifs is 3. The SMILES string of the molecule is C[C@@H]1[C@@H](C)C/C=C/[C@@](O)(c2ccccn2)[C@@H]2CC[C@H]2CN2CCCCc3cc(Cl)ccc3COc3ccc(cc32)C(=O)NS1(=O)=O. The highest BCUT2D eigenvalue weighted by Gasteiger charge is 2.47. The maximum Gasteiger partial charge on any atom is 0.264 e. The number of ether oxygens (including phenoxy) is 1. The molecule has 10 heteroatoms. The highest BCUT2D eigenvalue weighted by atomic mass is 35.5. The molecule has 8 nitrogen and oxygen atoms in total. The van der Waals surface area contributed by atoms with E-state index in [1.165, 1.54) is 0 Å². The lowest BCUT2D eigenvalue weighted by atomic mass is 9.63. The van der Waals surface area contributed by atoms with Crippen LogP contribution in [0.2, 0.25) is 5.02 Å². The van der Waals surface area contributed by atoms with E-state index < -0.39 is 26.8 Å². The van der Waals surface area contributed by atoms with Crippen LogP contribution in [0.1, 0.15) is 73.1 Å². The molecular formula is C36H42ClN3O5S. The molecule has 244 valence electrons. The smallest absolute Gasteiger partial charge is 0.264 e. The fourth-order valence-corrected chi connectivity index (χ4v) is 8.45. The van der Waals surface area contributed by atoms with Crippen molar-refractivity contribution in [3.8, 4) is 5.75 Å². The topological polar surface area (TPSA) is 109 Å². The highest BCUT2D eigenvalue weighted by molar-refractivity contribution is 7.90. The van der Waals surface area contributed by atoms with E-state index in [0.29, 0.717) is 42.6 Å². The second-order valence-corrected chi connectivity index (χ2v) is 15.5. The van der Waals surface area contributed by atoms with Crippen molar-refractivity contribution in [1.29, 1.82) is 0 Å². The zero-order valence-electron chi connectivity index (χ0n) is 26.4. The predicted octanol–water partition coefficient (Wildman–Crippen LogP) is 6.41. The normalized spacial score (nSPS) is 29.0. The number of hydrogen-bond acceptors (Lipinski definition) is 7. The summed E-state index contributed by atoms with van der Waals surface area (Å²) in [6, 6.07) is 16.6. The van der Waals surface area contributed by atoms with Crippen LogP contribution in [0.3, 0.4) is 0 Å². The monoisotopic (exact) mass is 663 g/mol. The van der Waals surface area contributed by atoms with Gasteiger partial charge in [-0.3, -0.25) is 9.78 Å². The van der Waals surface area contributed by atoms with Crippen LogP contribution < -0.4 is 14.4 Å². The lowest BCUT2D eigenvalue weighted by Gasteiger charge is -2.48. The molecule has 1 saturated carbocycles. The first-order chi connectivity index (χ1) is 22.0. The first kappa shape index (κ1) is 32.5. The van der Waals surface area contributed by atoms with Crippen LogP contribution in [0, 0.1) is 17.8 Å². The van der Waals surface area contributed by atoms with E-state index in [1.807, 2.05) is 55.5 Å². The number of carbonyl (C=O) groups is 1. The quantitative estimate of drug-likeness (QED) is 0.290. The zero-order chi connectivity index (χ0) is 32.5. The van der Waals surface area contributed by atoms with E-state index in [0.717, 1.165) is 48.9 Å². The number of aryl methyl sites for hydroxylation is 1. The summed E-state index contributed by atoms with van der Waals surface area (Å²) in [5.74, 6) is -0.309. The van der Waals surface area contributed by atoms with Gasteiger partial charge in [0.15, 0.2) is 0 Å². The number of carbonyl (C=O) groups excluding carboxylic acids is 1. The number of rotatable bonds is 1. The number of allylic oxidation sites excluding steroid dienone is 1. The molecule has 2 N–H and O–H groups in total. The molecule has 1 aromatic heterocycles. The molecule has 3 heterocycles. The van der Waals surface area contributed by atoms with Crippen LogP contribution in [0.5, 0.6) is 5.75 Å². The van der Waals surface area contributed by atoms with E-state index in [1.54, 1.807) is 31.3 Å². The summed E-state index contributed by atoms with van der Waals surface area (Å²) in [5.41, 5.74) is 2.47. The van der Waals surface area contributed by atoms with Crippen molar-refractivity contribution in [3.63, 3.8) is 0 Å². The lowest BCUT2D eigenvalue weighted by Crippen LogP contribution is -2.49. The van der Waals surface area contributed by atoms with Gasteiger partial charge in [0.05, 0.1) is 16.6 Å². The number of amides is 1. The molecule has 1 fully saturated rings. The van der Waals surface area contributed by atoms with Crippen molar-refractivity contribution in [2.45, 2.75) is 69.8 Å². The average Bonchev–Trinajstić information content (AvgIpc) is 3.05. The van der Waals surface area contributed by atoms with Gasteiger partial charge in [-0.25, -0.2) is 13.1 Å². The molecule has 3 aliphatic rings. The summed E-state index contributed by atoms with van der Waals surface area (Å²) in [4.78, 5) is 20.3. The molecule has 46 heavy (non-hydrogen) atoms. The summed E-state index contributed by atoms with van der Waals surface area (Å²) >= 11 is 6.34. The van der Waals surface area contributed by atoms with Crippen molar-refractivity contribution in [1.82, 2.24) is 9.71 Å². The van der Waals surface area contributed by atoms with Gasteiger partial charge in [-0.2, -0.15) is 0 Å². The van der Waals surface area contributed by atoms with Crippen molar-refractivity contribution >= 4 is 33.2 Å². The summed E-state index contributed by atoms with van der Waals surface area (Å²) in [7, 11) is -3.99. The molecule has 1 amide bonds. The van der Waals surface area contributed by atoms with Crippen molar-refractivity contribution in [2.24, 2.45) is 17.8 Å². The molecule has 0 spiro atoms. The molecule has 0 unspecified atom stereocenters. The van der Waals surface area contributed by atoms with Crippen molar-refractivity contribution in [3.05, 3.63) is 100 Å². The van der Waals surface area contributed by atoms with Gasteiger partial charge in [-0.1, -0.05) is 42.8 Å². The van der Waals surface area contributed by atoms with Crippen molar-refractivity contribution < 1.29 is 23.1 Å². The first-order valence-electron chi connectivity index (χ1n) is 16.2. The average molecular weight is 664 g/mol. The third kappa shape index (κ3) is 6.68. The fraction of sp³-hybridized carbons (Fsp3) is 0.444. The van der Waals surface area contributed by atoms with Crippen LogP contribution in [-0.2, 0) is 28.7 Å². The zero-order valence-corrected chi connectivity index (χ0v) is 27.9. The molecule has 0 radical (unpaired) electrons. The Labute approximate surface area is 276 Å². The molecule has 2 aromatic carbocycles. The highest BCUT2D eigenvalue weighted by Crippen LogP contribution is 2.48. The number of halogens is 1. The van der Waals surface area contributed by atoms with E-state index in [9.17, 15) is 18.3 Å². The van der Waals surface area contributed by atoms with E-state index in [-0.39, 0.29) is 23.3 Å². The van der Waals surface area contributed by atoms with Gasteiger partial charge in [0.2, 0.25) is 10.0 Å². The van der Waals surface area contributed by atoms with E-state index in [4.69, 9.17) is 16.3 Å². The van der Waals surface area contributed by atoms with Crippen molar-refractivity contribution in [2.75, 3.05) is 18.0 Å². The van der Waals surface area contributed by atoms with Gasteiger partial charge in [0.1, 0.15) is 18.0 Å². The van der Waals surface area contributed by atoms with Gasteiger partial charge >= 0.3 is 0 Å². The Morgan fingerprint density at radius 3 is 2.67 bits per heavy atom. The Balaban J connectivity index is 1.43. The van der Waals surface area contributed by atoms with Gasteiger partial charge < -0.3 is 14.7 Å². The lowest BCUT2D eigenvalue weighted by molar-refractivity contribution is -0.0528. The number of nitrogens with zero attached hydrogens (tertiary/aromatic N) is 2. The maximum atomic E-state index is 13.4. The van der Waals surface area contributed by atoms with E-state index >= 15 is 0 Å². The minimum absolute atomic E-state index is 0.0940. The molecule has 3 aromatic rings. The number of anilines is 1. The van der Waals surface area contributed by atoms with Crippen LogP contribution in [0.25, 0.3) is 0 Å². The molecule has 6 rings (SSSR count). The van der Waals surface area contributed by atoms with Crippen LogP contribution in [0.15, 0.2) is 72.9 Å². The Morgan fingerprint density at radius 1 is 1.07 bits per heavy atom. The number of aliphatic hydroxyl groups is 1. The second kappa shape index (κ2) is 13.4. The molecule has 0 saturated heterocycles. The summed E-state index contributed by atoms with van der Waals surface area (Å²) in [6.45, 7) is 5.12. The summed E-state index contributed by atoms with van der Waals surface area (Å²) in [5, 5.41) is 12.2. The molecule has 2 aliphatic heterocycles. The van der Waals surface area contributed by atoms with Gasteiger partial charge in [-0.05, 0) is 111 Å². The van der Waals surface area contributed by atoms with Crippen LogP contribution >= 0.6 is 11.6 Å². The minimum Gasteiger partial charge on any atom is -0.487 e. The minimum atomic E-state index is -3.99. The van der Waals surface area contributed by atoms with Gasteiger partial charge in [-0.15, -0.1) is 0 Å². The Morgan fingerprint density at radius 2 is 1.91 bits per heavy atom. The number of nitrogens with one attached hydrogen (secondary N) is 1. The Hall–Kier alpha value is -3.40. The number of benzene rings is 2. The van der Waals surface area contributed by atoms with Gasteiger partial charge in [0.25, 0.3) is 5.91 Å². The number of pyridine rings is 1. The van der Waals surface area contributed by atoms with E-state index in [2.05, 4.69) is 14.6 Å². The largest absolute Gasteiger partial charge is 0.487 e. The summed E-state index contributed by atoms with van der Waals surface area (Å²) in [6.07, 6.45) is 10.3. The first-order valence-corrected chi connectivity index (χ1v) is 18.1. The van der Waals surface area contributed by atoms with Crippen LogP contribution in [0.4, 0.5) is 5.69 Å². The third-order valence-electron chi connectivity index (χ3n) is 10.2. The molecule has 1 aliphatic carbocycles. The standard InChI is InChI=1S/C36H42ClN3O5S/c1-24-8-7-17-36(42,34-10-3-5-18-38-34)31-15-12-28(31)22-40-19-6-4-9-26-20-30(37)14-11-29(26)23-45-33-16-13-27(21-32(33)40)35(41)39-46(43,44)25(24)2/h3,5,7,10-11,13-14,16-18,20-21,24-25,28,31,42H,4,6,8-9,12,15,19,22-23H2,1-2H3,(H,39,41)/b17-7+/t24-,25+,28-,31+,36-/m0/s1. The molecule has 5 atom stereocenters. The second-order valence-electron chi connectivity index (χ2n) is 13.1. The number of hydrogen-bond donors (Lipinski definition) is 2. The predicted molar refractivity (Wildman–Crippen MR) is 180 cm³/mol. The number of aromatic nitrogens is 1. The molecule has 2 bridgehead atoms. The summed E-state index contributed by atoms with van der Waals surface area (Å²) < 4.78 is 35.5. The molecular weight excluding hydrogens is 622 g/mol. The Bertz CT molecular complexity index is 1720.